The van der Waals surface area contributed by atoms with Gasteiger partial charge in [-0.25, -0.2) is 4.39 Å². The maximum atomic E-state index is 13.0. The SMILES string of the molecule is COc1cc(F)ccc1N1CC(=O)NC(=O)C1. The number of nitrogens with zero attached hydrogens (tertiary/aromatic N) is 1. The van der Waals surface area contributed by atoms with Gasteiger partial charge in [-0.05, 0) is 12.1 Å². The van der Waals surface area contributed by atoms with Crippen molar-refractivity contribution in [2.75, 3.05) is 25.1 Å². The summed E-state index contributed by atoms with van der Waals surface area (Å²) in [7, 11) is 1.41. The summed E-state index contributed by atoms with van der Waals surface area (Å²) in [6, 6.07) is 3.96. The van der Waals surface area contributed by atoms with E-state index < -0.39 is 5.82 Å². The number of piperazine rings is 1. The summed E-state index contributed by atoms with van der Waals surface area (Å²) in [4.78, 5) is 24.0. The predicted molar refractivity (Wildman–Crippen MR) is 58.3 cm³/mol. The van der Waals surface area contributed by atoms with E-state index in [-0.39, 0.29) is 24.9 Å². The van der Waals surface area contributed by atoms with Gasteiger partial charge < -0.3 is 9.64 Å². The van der Waals surface area contributed by atoms with Crippen molar-refractivity contribution in [3.8, 4) is 5.75 Å². The minimum absolute atomic E-state index is 0.0493. The Bertz CT molecular complexity index is 460. The molecule has 1 aromatic rings. The molecule has 0 unspecified atom stereocenters. The summed E-state index contributed by atoms with van der Waals surface area (Å²) in [5.74, 6) is -0.897. The van der Waals surface area contributed by atoms with Gasteiger partial charge in [0, 0.05) is 6.07 Å². The Kier molecular flexibility index (Phi) is 2.95. The quantitative estimate of drug-likeness (QED) is 0.753. The van der Waals surface area contributed by atoms with E-state index in [4.69, 9.17) is 4.74 Å². The number of anilines is 1. The molecule has 1 N–H and O–H groups in total. The van der Waals surface area contributed by atoms with E-state index in [0.717, 1.165) is 0 Å². The van der Waals surface area contributed by atoms with Crippen molar-refractivity contribution in [3.63, 3.8) is 0 Å². The van der Waals surface area contributed by atoms with E-state index in [1.54, 1.807) is 4.90 Å². The van der Waals surface area contributed by atoms with Gasteiger partial charge in [0.2, 0.25) is 11.8 Å². The van der Waals surface area contributed by atoms with Gasteiger partial charge in [-0.3, -0.25) is 14.9 Å². The Hall–Kier alpha value is -2.11. The highest BCUT2D eigenvalue weighted by Crippen LogP contribution is 2.29. The summed E-state index contributed by atoms with van der Waals surface area (Å²) >= 11 is 0. The first-order chi connectivity index (χ1) is 8.10. The largest absolute Gasteiger partial charge is 0.494 e. The summed E-state index contributed by atoms with van der Waals surface area (Å²) in [5.41, 5.74) is 0.525. The van der Waals surface area contributed by atoms with Crippen molar-refractivity contribution >= 4 is 17.5 Å². The maximum absolute atomic E-state index is 13.0. The number of nitrogens with one attached hydrogen (secondary N) is 1. The third kappa shape index (κ3) is 2.35. The molecule has 0 atom stereocenters. The van der Waals surface area contributed by atoms with Crippen LogP contribution in [0.2, 0.25) is 0 Å². The number of benzene rings is 1. The van der Waals surface area contributed by atoms with Crippen LogP contribution in [-0.4, -0.2) is 32.0 Å². The monoisotopic (exact) mass is 238 g/mol. The van der Waals surface area contributed by atoms with Crippen LogP contribution in [0.15, 0.2) is 18.2 Å². The zero-order valence-electron chi connectivity index (χ0n) is 9.20. The van der Waals surface area contributed by atoms with E-state index in [0.29, 0.717) is 11.4 Å². The van der Waals surface area contributed by atoms with Crippen LogP contribution in [0, 0.1) is 5.82 Å². The smallest absolute Gasteiger partial charge is 0.246 e. The van der Waals surface area contributed by atoms with Gasteiger partial charge in [-0.15, -0.1) is 0 Å². The molecule has 1 aromatic carbocycles. The highest BCUT2D eigenvalue weighted by molar-refractivity contribution is 6.02. The fraction of sp³-hybridized carbons (Fsp3) is 0.273. The number of carbonyl (C=O) groups is 2. The second-order valence-corrected chi connectivity index (χ2v) is 3.64. The minimum Gasteiger partial charge on any atom is -0.494 e. The van der Waals surface area contributed by atoms with Crippen molar-refractivity contribution < 1.29 is 18.7 Å². The van der Waals surface area contributed by atoms with Crippen LogP contribution in [0.3, 0.4) is 0 Å². The van der Waals surface area contributed by atoms with Gasteiger partial charge in [0.1, 0.15) is 11.6 Å². The lowest BCUT2D eigenvalue weighted by Crippen LogP contribution is -2.51. The Balaban J connectivity index is 2.32. The maximum Gasteiger partial charge on any atom is 0.246 e. The van der Waals surface area contributed by atoms with Crippen LogP contribution in [0.5, 0.6) is 5.75 Å². The molecule has 0 spiro atoms. The summed E-state index contributed by atoms with van der Waals surface area (Å²) in [6.07, 6.45) is 0. The van der Waals surface area contributed by atoms with Gasteiger partial charge >= 0.3 is 0 Å². The normalized spacial score (nSPS) is 15.8. The Morgan fingerprint density at radius 2 is 1.94 bits per heavy atom. The number of hydrogen-bond acceptors (Lipinski definition) is 4. The first-order valence-corrected chi connectivity index (χ1v) is 5.01. The van der Waals surface area contributed by atoms with Crippen molar-refractivity contribution in [1.29, 1.82) is 0 Å². The van der Waals surface area contributed by atoms with Crippen LogP contribution in [0.1, 0.15) is 0 Å². The van der Waals surface area contributed by atoms with E-state index in [2.05, 4.69) is 5.32 Å². The summed E-state index contributed by atoms with van der Waals surface area (Å²) < 4.78 is 18.0. The van der Waals surface area contributed by atoms with E-state index in [1.807, 2.05) is 0 Å². The number of ether oxygens (including phenoxy) is 1. The molecular weight excluding hydrogens is 227 g/mol. The lowest BCUT2D eigenvalue weighted by atomic mass is 10.2. The lowest BCUT2D eigenvalue weighted by Gasteiger charge is -2.28. The molecule has 17 heavy (non-hydrogen) atoms. The molecule has 1 saturated heterocycles. The van der Waals surface area contributed by atoms with Crippen molar-refractivity contribution in [2.24, 2.45) is 0 Å². The zero-order chi connectivity index (χ0) is 12.4. The molecule has 1 heterocycles. The molecule has 1 fully saturated rings. The van der Waals surface area contributed by atoms with E-state index in [9.17, 15) is 14.0 Å². The molecule has 0 bridgehead atoms. The highest BCUT2D eigenvalue weighted by Gasteiger charge is 2.24. The number of imide groups is 1. The van der Waals surface area contributed by atoms with Crippen LogP contribution in [0.25, 0.3) is 0 Å². The topological polar surface area (TPSA) is 58.6 Å². The van der Waals surface area contributed by atoms with Gasteiger partial charge in [-0.1, -0.05) is 0 Å². The molecule has 0 saturated carbocycles. The first kappa shape index (κ1) is 11.4. The number of hydrogen-bond donors (Lipinski definition) is 1. The fourth-order valence-corrected chi connectivity index (χ4v) is 1.72. The van der Waals surface area contributed by atoms with Crippen LogP contribution < -0.4 is 15.0 Å². The summed E-state index contributed by atoms with van der Waals surface area (Å²) in [6.45, 7) is 0.0987. The molecule has 2 rings (SSSR count). The van der Waals surface area contributed by atoms with Gasteiger partial charge in [0.15, 0.2) is 0 Å². The van der Waals surface area contributed by atoms with Crippen LogP contribution in [-0.2, 0) is 9.59 Å². The van der Waals surface area contributed by atoms with E-state index in [1.165, 1.54) is 25.3 Å². The second kappa shape index (κ2) is 4.40. The van der Waals surface area contributed by atoms with E-state index >= 15 is 0 Å². The van der Waals surface area contributed by atoms with Gasteiger partial charge in [0.05, 0.1) is 25.9 Å². The highest BCUT2D eigenvalue weighted by atomic mass is 19.1. The number of amides is 2. The number of carbonyl (C=O) groups excluding carboxylic acids is 2. The summed E-state index contributed by atoms with van der Waals surface area (Å²) in [5, 5.41) is 2.19. The Labute approximate surface area is 97.2 Å². The van der Waals surface area contributed by atoms with Gasteiger partial charge in [-0.2, -0.15) is 0 Å². The zero-order valence-corrected chi connectivity index (χ0v) is 9.20. The van der Waals surface area contributed by atoms with Crippen LogP contribution in [0.4, 0.5) is 10.1 Å². The molecule has 5 nitrogen and oxygen atoms in total. The first-order valence-electron chi connectivity index (χ1n) is 5.01. The molecule has 1 aliphatic heterocycles. The molecule has 0 aromatic heterocycles. The number of halogens is 1. The Morgan fingerprint density at radius 1 is 1.29 bits per heavy atom. The average molecular weight is 238 g/mol. The van der Waals surface area contributed by atoms with Crippen molar-refractivity contribution in [3.05, 3.63) is 24.0 Å². The van der Waals surface area contributed by atoms with Gasteiger partial charge in [0.25, 0.3) is 0 Å². The molecule has 90 valence electrons. The molecule has 1 aliphatic rings. The third-order valence-corrected chi connectivity index (χ3v) is 2.43. The number of rotatable bonds is 2. The molecular formula is C11H11FN2O3. The third-order valence-electron chi connectivity index (χ3n) is 2.43. The van der Waals surface area contributed by atoms with Crippen LogP contribution >= 0.6 is 0 Å². The van der Waals surface area contributed by atoms with Crippen molar-refractivity contribution in [2.45, 2.75) is 0 Å². The average Bonchev–Trinajstić information content (AvgIpc) is 2.27. The predicted octanol–water partition coefficient (Wildman–Crippen LogP) is 0.297. The standard InChI is InChI=1S/C11H11FN2O3/c1-17-9-4-7(12)2-3-8(9)14-5-10(15)13-11(16)6-14/h2-4H,5-6H2,1H3,(H,13,15,16). The Morgan fingerprint density at radius 3 is 2.53 bits per heavy atom. The molecule has 2 amide bonds. The molecule has 0 aliphatic carbocycles. The lowest BCUT2D eigenvalue weighted by molar-refractivity contribution is -0.130. The minimum atomic E-state index is -0.432. The van der Waals surface area contributed by atoms with Crippen molar-refractivity contribution in [1.82, 2.24) is 5.32 Å². The number of methoxy groups -OCH3 is 1. The molecule has 6 heteroatoms. The fourth-order valence-electron chi connectivity index (χ4n) is 1.72. The second-order valence-electron chi connectivity index (χ2n) is 3.64. The molecule has 0 radical (unpaired) electrons.